The lowest BCUT2D eigenvalue weighted by Crippen LogP contribution is -2.49. The normalized spacial score (nSPS) is 28.4. The number of benzene rings is 1. The number of piperidine rings is 2. The van der Waals surface area contributed by atoms with Crippen molar-refractivity contribution in [3.8, 4) is 0 Å². The number of anilines is 2. The number of hydrogen-bond acceptors (Lipinski definition) is 6. The molecule has 0 radical (unpaired) electrons. The van der Waals surface area contributed by atoms with Gasteiger partial charge in [-0.05, 0) is 87.5 Å². The Morgan fingerprint density at radius 2 is 1.62 bits per heavy atom. The van der Waals surface area contributed by atoms with Gasteiger partial charge in [0.15, 0.2) is 0 Å². The van der Waals surface area contributed by atoms with Crippen LogP contribution < -0.4 is 9.91 Å². The van der Waals surface area contributed by atoms with E-state index in [1.165, 1.54) is 18.5 Å². The maximum absolute atomic E-state index is 12.4. The zero-order chi connectivity index (χ0) is 23.3. The van der Waals surface area contributed by atoms with Gasteiger partial charge in [0.2, 0.25) is 5.91 Å². The van der Waals surface area contributed by atoms with Crippen LogP contribution in [0.5, 0.6) is 0 Å². The van der Waals surface area contributed by atoms with Crippen molar-refractivity contribution in [3.63, 3.8) is 0 Å². The Morgan fingerprint density at radius 3 is 2.24 bits per heavy atom. The largest absolute Gasteiger partial charge is 0.393 e. The quantitative estimate of drug-likeness (QED) is 0.697. The molecule has 2 saturated heterocycles. The van der Waals surface area contributed by atoms with Crippen LogP contribution in [-0.2, 0) is 4.79 Å². The van der Waals surface area contributed by atoms with Crippen molar-refractivity contribution in [2.45, 2.75) is 82.0 Å². The van der Waals surface area contributed by atoms with E-state index < -0.39 is 5.60 Å². The molecule has 6 rings (SSSR count). The van der Waals surface area contributed by atoms with Crippen LogP contribution >= 0.6 is 0 Å². The van der Waals surface area contributed by atoms with Crippen molar-refractivity contribution in [1.82, 2.24) is 4.90 Å². The van der Waals surface area contributed by atoms with Gasteiger partial charge in [0, 0.05) is 50.4 Å². The maximum atomic E-state index is 12.4. The Kier molecular flexibility index (Phi) is 5.60. The summed E-state index contributed by atoms with van der Waals surface area (Å²) in [6.45, 7) is 3.46. The second-order valence-electron chi connectivity index (χ2n) is 11.6. The third-order valence-electron chi connectivity index (χ3n) is 9.12. The lowest BCUT2D eigenvalue weighted by molar-refractivity contribution is -0.137. The number of nitrogens with zero attached hydrogens (tertiary/aromatic N) is 4. The van der Waals surface area contributed by atoms with E-state index in [0.29, 0.717) is 43.7 Å². The number of aliphatic hydroxyl groups is 2. The molecule has 0 bridgehead atoms. The first kappa shape index (κ1) is 22.4. The molecule has 1 aromatic carbocycles. The van der Waals surface area contributed by atoms with Gasteiger partial charge >= 0.3 is 0 Å². The molecule has 34 heavy (non-hydrogen) atoms. The van der Waals surface area contributed by atoms with Gasteiger partial charge in [-0.2, -0.15) is 5.10 Å². The molecule has 2 saturated carbocycles. The maximum Gasteiger partial charge on any atom is 0.225 e. The highest BCUT2D eigenvalue weighted by Crippen LogP contribution is 2.49. The summed E-state index contributed by atoms with van der Waals surface area (Å²) in [6, 6.07) is 8.86. The summed E-state index contributed by atoms with van der Waals surface area (Å²) in [6.07, 6.45) is 11.1. The highest BCUT2D eigenvalue weighted by atomic mass is 16.3. The highest BCUT2D eigenvalue weighted by Gasteiger charge is 2.45. The number of rotatable bonds is 5. The molecule has 1 aromatic rings. The van der Waals surface area contributed by atoms with E-state index in [-0.39, 0.29) is 18.1 Å². The summed E-state index contributed by atoms with van der Waals surface area (Å²) >= 11 is 0. The second-order valence-corrected chi connectivity index (χ2v) is 11.6. The predicted molar refractivity (Wildman–Crippen MR) is 133 cm³/mol. The van der Waals surface area contributed by atoms with E-state index in [9.17, 15) is 15.0 Å². The molecule has 2 N–H and O–H groups in total. The molecule has 1 atom stereocenters. The van der Waals surface area contributed by atoms with E-state index in [1.54, 1.807) is 0 Å². The molecule has 7 nitrogen and oxygen atoms in total. The molecule has 184 valence electrons. The number of hydrazone groups is 1. The van der Waals surface area contributed by atoms with Crippen LogP contribution in [0.2, 0.25) is 0 Å². The Morgan fingerprint density at radius 1 is 0.971 bits per heavy atom. The smallest absolute Gasteiger partial charge is 0.225 e. The summed E-state index contributed by atoms with van der Waals surface area (Å²) in [7, 11) is 0. The van der Waals surface area contributed by atoms with Crippen molar-refractivity contribution in [1.29, 1.82) is 0 Å². The number of carbonyl (C=O) groups is 1. The molecular weight excluding hydrogens is 428 g/mol. The Labute approximate surface area is 202 Å². The van der Waals surface area contributed by atoms with Crippen LogP contribution in [-0.4, -0.2) is 71.2 Å². The van der Waals surface area contributed by atoms with E-state index in [4.69, 9.17) is 0 Å². The number of amides is 1. The topological polar surface area (TPSA) is 79.6 Å². The second kappa shape index (κ2) is 8.52. The summed E-state index contributed by atoms with van der Waals surface area (Å²) in [4.78, 5) is 16.8. The van der Waals surface area contributed by atoms with E-state index in [0.717, 1.165) is 50.9 Å². The molecule has 3 heterocycles. The minimum Gasteiger partial charge on any atom is -0.393 e. The van der Waals surface area contributed by atoms with Crippen LogP contribution in [0.15, 0.2) is 29.4 Å². The molecule has 0 aromatic heterocycles. The monoisotopic (exact) mass is 466 g/mol. The van der Waals surface area contributed by atoms with Gasteiger partial charge in [-0.25, -0.2) is 0 Å². The Hall–Kier alpha value is -2.12. The minimum atomic E-state index is -0.726. The fourth-order valence-electron chi connectivity index (χ4n) is 6.68. The van der Waals surface area contributed by atoms with E-state index in [2.05, 4.69) is 39.3 Å². The van der Waals surface area contributed by atoms with Crippen molar-refractivity contribution in [2.75, 3.05) is 36.1 Å². The van der Waals surface area contributed by atoms with Crippen LogP contribution in [0, 0.1) is 11.3 Å². The van der Waals surface area contributed by atoms with Gasteiger partial charge < -0.3 is 20.0 Å². The van der Waals surface area contributed by atoms with Crippen LogP contribution in [0.1, 0.15) is 64.2 Å². The molecule has 3 aliphatic heterocycles. The number of aliphatic hydroxyl groups excluding tert-OH is 1. The summed E-state index contributed by atoms with van der Waals surface area (Å²) in [5.74, 6) is 0.548. The van der Waals surface area contributed by atoms with Gasteiger partial charge in [-0.3, -0.25) is 9.80 Å². The van der Waals surface area contributed by atoms with Crippen molar-refractivity contribution in [2.24, 2.45) is 16.4 Å². The molecule has 1 unspecified atom stereocenters. The third kappa shape index (κ3) is 4.33. The number of likely N-dealkylation sites (tertiary alicyclic amines) is 1. The van der Waals surface area contributed by atoms with E-state index >= 15 is 0 Å². The summed E-state index contributed by atoms with van der Waals surface area (Å²) in [5.41, 5.74) is 2.00. The molecule has 2 aliphatic carbocycles. The standard InChI is InChI=1S/C27H38N4O3/c32-24-18-26(19-24)8-13-29(14-9-26)21-3-5-22(6-4-21)31-23(7-12-28-31)17-27(34)10-15-30(16-11-27)25(33)20-1-2-20/h3-6,12,20,23-24,32,34H,1-2,7-11,13-19H2. The van der Waals surface area contributed by atoms with Crippen LogP contribution in [0.25, 0.3) is 0 Å². The van der Waals surface area contributed by atoms with Gasteiger partial charge in [0.1, 0.15) is 0 Å². The van der Waals surface area contributed by atoms with Gasteiger partial charge in [0.05, 0.1) is 23.4 Å². The third-order valence-corrected chi connectivity index (χ3v) is 9.12. The highest BCUT2D eigenvalue weighted by molar-refractivity contribution is 5.81. The van der Waals surface area contributed by atoms with Gasteiger partial charge in [-0.1, -0.05) is 0 Å². The summed E-state index contributed by atoms with van der Waals surface area (Å²) in [5, 5.41) is 27.7. The van der Waals surface area contributed by atoms with Crippen molar-refractivity contribution < 1.29 is 15.0 Å². The molecule has 5 aliphatic rings. The Balaban J connectivity index is 1.04. The van der Waals surface area contributed by atoms with E-state index in [1.807, 2.05) is 11.1 Å². The van der Waals surface area contributed by atoms with Gasteiger partial charge in [0.25, 0.3) is 0 Å². The fourth-order valence-corrected chi connectivity index (χ4v) is 6.68. The predicted octanol–water partition coefficient (Wildman–Crippen LogP) is 3.15. The molecular formula is C27H38N4O3. The SMILES string of the molecule is O=C(C1CC1)N1CCC(O)(CC2CC=NN2c2ccc(N3CCC4(CC3)CC(O)C4)cc2)CC1. The molecule has 4 fully saturated rings. The van der Waals surface area contributed by atoms with Crippen LogP contribution in [0.4, 0.5) is 11.4 Å². The lowest BCUT2D eigenvalue weighted by atomic mass is 9.61. The molecule has 1 spiro atoms. The van der Waals surface area contributed by atoms with Crippen molar-refractivity contribution >= 4 is 23.5 Å². The first-order chi connectivity index (χ1) is 16.4. The average molecular weight is 467 g/mol. The lowest BCUT2D eigenvalue weighted by Gasteiger charge is -2.51. The molecule has 7 heteroatoms. The average Bonchev–Trinajstić information content (AvgIpc) is 3.58. The van der Waals surface area contributed by atoms with Crippen LogP contribution in [0.3, 0.4) is 0 Å². The van der Waals surface area contributed by atoms with Gasteiger partial charge in [-0.15, -0.1) is 0 Å². The summed E-state index contributed by atoms with van der Waals surface area (Å²) < 4.78 is 0. The first-order valence-corrected chi connectivity index (χ1v) is 13.3. The fraction of sp³-hybridized carbons (Fsp3) is 0.704. The Bertz CT molecular complexity index is 920. The van der Waals surface area contributed by atoms with Crippen molar-refractivity contribution in [3.05, 3.63) is 24.3 Å². The number of hydrogen-bond donors (Lipinski definition) is 2. The minimum absolute atomic E-state index is 0.0735. The number of carbonyl (C=O) groups excluding carboxylic acids is 1. The molecule has 1 amide bonds. The zero-order valence-corrected chi connectivity index (χ0v) is 20.1. The zero-order valence-electron chi connectivity index (χ0n) is 20.1. The first-order valence-electron chi connectivity index (χ1n) is 13.3.